The third-order valence-corrected chi connectivity index (χ3v) is 9.94. The number of pyridine rings is 1. The third-order valence-electron chi connectivity index (χ3n) is 7.49. The molecule has 0 saturated heterocycles. The number of hydrogen-bond acceptors (Lipinski definition) is 4. The monoisotopic (exact) mass is 633 g/mol. The van der Waals surface area contributed by atoms with Crippen molar-refractivity contribution < 1.29 is 8.42 Å². The lowest BCUT2D eigenvalue weighted by Crippen LogP contribution is -2.12. The lowest BCUT2D eigenvalue weighted by molar-refractivity contribution is 0.536. The Kier molecular flexibility index (Phi) is 11.5. The minimum atomic E-state index is -3.15. The van der Waals surface area contributed by atoms with Crippen molar-refractivity contribution in [3.8, 4) is 0 Å². The zero-order valence-electron chi connectivity index (χ0n) is 23.7. The number of rotatable bonds is 12. The summed E-state index contributed by atoms with van der Waals surface area (Å²) < 4.78 is 25.8. The average molecular weight is 635 g/mol. The molecule has 0 amide bonds. The minimum absolute atomic E-state index is 0.242. The number of H-pyrrole nitrogens is 1. The summed E-state index contributed by atoms with van der Waals surface area (Å²) in [6.07, 6.45) is 11.0. The number of nitrogens with zero attached hydrogens (tertiary/aromatic N) is 1. The zero-order valence-corrected chi connectivity index (χ0v) is 26.1. The number of nitrogens with two attached hydrogens (primary N) is 1. The molecule has 0 radical (unpaired) electrons. The summed E-state index contributed by atoms with van der Waals surface area (Å²) in [7, 11) is -3.15. The highest BCUT2D eigenvalue weighted by atomic mass is 79.9. The van der Waals surface area contributed by atoms with E-state index >= 15 is 0 Å². The van der Waals surface area contributed by atoms with Crippen LogP contribution in [-0.4, -0.2) is 30.7 Å². The first-order valence-electron chi connectivity index (χ1n) is 14.4. The molecule has 5 nitrogen and oxygen atoms in total. The largest absolute Gasteiger partial charge is 0.358 e. The molecule has 216 valence electrons. The molecule has 0 aliphatic carbocycles. The molecule has 0 aliphatic rings. The molecule has 7 heteroatoms. The highest BCUT2D eigenvalue weighted by Gasteiger charge is 2.14. The fraction of sp³-hybridized carbons (Fsp3) is 0.324. The lowest BCUT2D eigenvalue weighted by Gasteiger charge is -2.13. The Morgan fingerprint density at radius 1 is 0.829 bits per heavy atom. The zero-order chi connectivity index (χ0) is 29.1. The minimum Gasteiger partial charge on any atom is -0.358 e. The van der Waals surface area contributed by atoms with E-state index in [1.165, 1.54) is 33.8 Å². The van der Waals surface area contributed by atoms with Crippen molar-refractivity contribution in [3.63, 3.8) is 0 Å². The molecule has 3 N–H and O–H groups in total. The normalized spacial score (nSPS) is 12.3. The van der Waals surface area contributed by atoms with Gasteiger partial charge in [-0.15, -0.1) is 0 Å². The van der Waals surface area contributed by atoms with Crippen LogP contribution in [0.5, 0.6) is 0 Å². The predicted molar refractivity (Wildman–Crippen MR) is 175 cm³/mol. The van der Waals surface area contributed by atoms with Crippen LogP contribution in [0.3, 0.4) is 0 Å². The van der Waals surface area contributed by atoms with Crippen LogP contribution in [0.1, 0.15) is 62.1 Å². The van der Waals surface area contributed by atoms with Crippen LogP contribution in [0.15, 0.2) is 101 Å². The van der Waals surface area contributed by atoms with Crippen LogP contribution in [-0.2, 0) is 9.84 Å². The van der Waals surface area contributed by atoms with Crippen LogP contribution in [0, 0.1) is 6.92 Å². The Balaban J connectivity index is 0.000000291. The number of fused-ring (bicyclic) bond motifs is 2. The van der Waals surface area contributed by atoms with E-state index in [0.717, 1.165) is 48.6 Å². The molecule has 5 aromatic rings. The quantitative estimate of drug-likeness (QED) is 0.134. The second kappa shape index (κ2) is 15.3. The molecule has 3 aromatic carbocycles. The van der Waals surface area contributed by atoms with Gasteiger partial charge in [-0.05, 0) is 70.7 Å². The van der Waals surface area contributed by atoms with Crippen molar-refractivity contribution in [1.82, 2.24) is 9.97 Å². The molecule has 1 unspecified atom stereocenters. The van der Waals surface area contributed by atoms with Gasteiger partial charge in [0.2, 0.25) is 0 Å². The summed E-state index contributed by atoms with van der Waals surface area (Å²) in [6, 6.07) is 25.9. The summed E-state index contributed by atoms with van der Waals surface area (Å²) in [5.74, 6) is 0.614. The van der Waals surface area contributed by atoms with Crippen molar-refractivity contribution in [3.05, 3.63) is 107 Å². The summed E-state index contributed by atoms with van der Waals surface area (Å²) in [6.45, 7) is 2.62. The molecule has 0 spiro atoms. The standard InChI is InChI=1S/C25H34N2O2S.C9H6BrN/c1-20-13-15-23(16-14-20)30(28,29)17-9-5-3-2-4-6-11-22(19-26)25-18-21-10-7-8-12-24(21)27-25;10-9-6-11-5-7-3-1-2-4-8(7)9/h7-8,10,12-16,18,22,27H,2-6,9,11,17,19,26H2,1H3;1-6H. The van der Waals surface area contributed by atoms with Crippen molar-refractivity contribution in [1.29, 1.82) is 0 Å². The van der Waals surface area contributed by atoms with Crippen molar-refractivity contribution >= 4 is 47.4 Å². The van der Waals surface area contributed by atoms with E-state index in [1.54, 1.807) is 12.1 Å². The van der Waals surface area contributed by atoms with Crippen molar-refractivity contribution in [2.75, 3.05) is 12.3 Å². The molecule has 41 heavy (non-hydrogen) atoms. The maximum atomic E-state index is 12.4. The number of benzene rings is 3. The van der Waals surface area contributed by atoms with E-state index in [0.29, 0.717) is 17.4 Å². The van der Waals surface area contributed by atoms with Crippen molar-refractivity contribution in [2.24, 2.45) is 5.73 Å². The summed E-state index contributed by atoms with van der Waals surface area (Å²) in [5, 5.41) is 3.62. The first-order valence-corrected chi connectivity index (χ1v) is 16.9. The molecule has 2 aromatic heterocycles. The van der Waals surface area contributed by atoms with Gasteiger partial charge in [0.25, 0.3) is 0 Å². The first kappa shape index (κ1) is 30.9. The van der Waals surface area contributed by atoms with Gasteiger partial charge in [0.1, 0.15) is 0 Å². The van der Waals surface area contributed by atoms with E-state index in [4.69, 9.17) is 5.73 Å². The summed E-state index contributed by atoms with van der Waals surface area (Å²) in [5.41, 5.74) is 9.52. The highest BCUT2D eigenvalue weighted by Crippen LogP contribution is 2.25. The number of para-hydroxylation sites is 1. The predicted octanol–water partition coefficient (Wildman–Crippen LogP) is 8.72. The average Bonchev–Trinajstić information content (AvgIpc) is 3.41. The fourth-order valence-electron chi connectivity index (χ4n) is 5.05. The van der Waals surface area contributed by atoms with Crippen LogP contribution in [0.2, 0.25) is 0 Å². The van der Waals surface area contributed by atoms with Gasteiger partial charge >= 0.3 is 0 Å². The van der Waals surface area contributed by atoms with Crippen molar-refractivity contribution in [2.45, 2.75) is 62.7 Å². The molecule has 0 saturated carbocycles. The first-order chi connectivity index (χ1) is 19.9. The molecule has 5 rings (SSSR count). The number of sulfone groups is 1. The molecule has 0 fully saturated rings. The lowest BCUT2D eigenvalue weighted by atomic mass is 9.97. The van der Waals surface area contributed by atoms with E-state index < -0.39 is 9.84 Å². The van der Waals surface area contributed by atoms with Gasteiger partial charge in [-0.2, -0.15) is 0 Å². The smallest absolute Gasteiger partial charge is 0.178 e. The van der Waals surface area contributed by atoms with Gasteiger partial charge in [0.15, 0.2) is 9.84 Å². The van der Waals surface area contributed by atoms with Gasteiger partial charge in [0.05, 0.1) is 10.6 Å². The topological polar surface area (TPSA) is 88.8 Å². The number of nitrogens with one attached hydrogen (secondary N) is 1. The van der Waals surface area contributed by atoms with Gasteiger partial charge in [-0.1, -0.05) is 92.3 Å². The molecule has 2 heterocycles. The van der Waals surface area contributed by atoms with Gasteiger partial charge in [-0.25, -0.2) is 8.42 Å². The maximum Gasteiger partial charge on any atom is 0.178 e. The van der Waals surface area contributed by atoms with Gasteiger partial charge in [-0.3, -0.25) is 4.98 Å². The highest BCUT2D eigenvalue weighted by molar-refractivity contribution is 9.10. The summed E-state index contributed by atoms with van der Waals surface area (Å²) >= 11 is 3.43. The molecule has 0 bridgehead atoms. The van der Waals surface area contributed by atoms with E-state index in [1.807, 2.05) is 55.7 Å². The van der Waals surface area contributed by atoms with E-state index in [-0.39, 0.29) is 5.75 Å². The van der Waals surface area contributed by atoms with Gasteiger partial charge < -0.3 is 10.7 Å². The Labute approximate surface area is 252 Å². The van der Waals surface area contributed by atoms with E-state index in [2.05, 4.69) is 56.2 Å². The Bertz CT molecular complexity index is 1590. The van der Waals surface area contributed by atoms with Crippen LogP contribution < -0.4 is 5.73 Å². The van der Waals surface area contributed by atoms with Crippen LogP contribution in [0.4, 0.5) is 0 Å². The molecule has 1 atom stereocenters. The fourth-order valence-corrected chi connectivity index (χ4v) is 6.90. The number of aromatic nitrogens is 2. The Hall–Kier alpha value is -3.00. The molecule has 0 aliphatic heterocycles. The number of aryl methyl sites for hydroxylation is 1. The van der Waals surface area contributed by atoms with E-state index in [9.17, 15) is 8.42 Å². The third kappa shape index (κ3) is 8.99. The Morgan fingerprint density at radius 2 is 1.49 bits per heavy atom. The molecular weight excluding hydrogens is 594 g/mol. The van der Waals surface area contributed by atoms with Gasteiger partial charge in [0, 0.05) is 45.9 Å². The number of unbranched alkanes of at least 4 members (excludes halogenated alkanes) is 5. The number of aromatic amines is 1. The Morgan fingerprint density at radius 3 is 2.20 bits per heavy atom. The number of hydrogen-bond donors (Lipinski definition) is 2. The summed E-state index contributed by atoms with van der Waals surface area (Å²) in [4.78, 5) is 8.02. The maximum absolute atomic E-state index is 12.4. The molecular formula is C34H40BrN3O2S. The SMILES string of the molecule is Brc1cncc2ccccc12.Cc1ccc(S(=O)(=O)CCCCCCCCC(CN)c2cc3ccccc3[nH]2)cc1. The number of halogens is 1. The second-order valence-electron chi connectivity index (χ2n) is 10.6. The second-order valence-corrected chi connectivity index (χ2v) is 13.6. The van der Waals surface area contributed by atoms with Crippen LogP contribution in [0.25, 0.3) is 21.7 Å². The van der Waals surface area contributed by atoms with Crippen LogP contribution >= 0.6 is 15.9 Å².